The summed E-state index contributed by atoms with van der Waals surface area (Å²) >= 11 is 0. The summed E-state index contributed by atoms with van der Waals surface area (Å²) in [5.74, 6) is -1.54. The summed E-state index contributed by atoms with van der Waals surface area (Å²) in [6.45, 7) is -0.213. The van der Waals surface area contributed by atoms with Crippen molar-refractivity contribution in [2.24, 2.45) is 0 Å². The highest BCUT2D eigenvalue weighted by atomic mass is 19.1. The zero-order chi connectivity index (χ0) is 15.6. The lowest BCUT2D eigenvalue weighted by atomic mass is 10.0. The number of hydrogen-bond acceptors (Lipinski definition) is 2. The first kappa shape index (κ1) is 15.2. The van der Waals surface area contributed by atoms with Crippen molar-refractivity contribution in [1.29, 1.82) is 0 Å². The number of hydrogen-bond donors (Lipinski definition) is 2. The van der Waals surface area contributed by atoms with E-state index in [1.165, 1.54) is 4.90 Å². The van der Waals surface area contributed by atoms with Gasteiger partial charge in [-0.1, -0.05) is 0 Å². The maximum absolute atomic E-state index is 13.8. The molecule has 0 spiro atoms. The Balaban J connectivity index is 2.00. The van der Waals surface area contributed by atoms with Crippen LogP contribution in [0.4, 0.5) is 13.6 Å². The number of rotatable bonds is 4. The van der Waals surface area contributed by atoms with E-state index in [1.807, 2.05) is 0 Å². The average molecular weight is 297 g/mol. The predicted octanol–water partition coefficient (Wildman–Crippen LogP) is 1.34. The van der Waals surface area contributed by atoms with Crippen LogP contribution in [0.15, 0.2) is 18.2 Å². The molecule has 1 aliphatic carbocycles. The monoisotopic (exact) mass is 297 g/mol. The minimum Gasteiger partial charge on any atom is -0.345 e. The van der Waals surface area contributed by atoms with Gasteiger partial charge in [-0.15, -0.1) is 0 Å². The molecule has 3 amide bonds. The number of amides is 3. The summed E-state index contributed by atoms with van der Waals surface area (Å²) in [4.78, 5) is 24.5. The molecule has 1 aromatic carbocycles. The first-order chi connectivity index (χ1) is 9.84. The molecule has 114 valence electrons. The van der Waals surface area contributed by atoms with Gasteiger partial charge in [-0.3, -0.25) is 4.79 Å². The van der Waals surface area contributed by atoms with Gasteiger partial charge in [0.05, 0.1) is 12.1 Å². The first-order valence-corrected chi connectivity index (χ1v) is 6.56. The van der Waals surface area contributed by atoms with Crippen molar-refractivity contribution in [3.63, 3.8) is 0 Å². The number of benzene rings is 1. The Kier molecular flexibility index (Phi) is 4.11. The Morgan fingerprint density at radius 1 is 1.29 bits per heavy atom. The van der Waals surface area contributed by atoms with E-state index in [9.17, 15) is 18.4 Å². The molecule has 1 saturated carbocycles. The van der Waals surface area contributed by atoms with Gasteiger partial charge in [0.1, 0.15) is 11.6 Å². The average Bonchev–Trinajstić information content (AvgIpc) is 3.19. The number of halogens is 2. The molecule has 2 N–H and O–H groups in total. The SMILES string of the molecule is CN(C)C(=O)NCC(=O)NC1(c2cc(F)ccc2F)CC1. The molecule has 0 bridgehead atoms. The summed E-state index contributed by atoms with van der Waals surface area (Å²) in [5.41, 5.74) is -0.707. The van der Waals surface area contributed by atoms with Gasteiger partial charge >= 0.3 is 6.03 Å². The van der Waals surface area contributed by atoms with Crippen molar-refractivity contribution in [2.45, 2.75) is 18.4 Å². The number of carbonyl (C=O) groups is 2. The number of nitrogens with zero attached hydrogens (tertiary/aromatic N) is 1. The lowest BCUT2D eigenvalue weighted by molar-refractivity contribution is -0.121. The molecular weight excluding hydrogens is 280 g/mol. The van der Waals surface area contributed by atoms with Gasteiger partial charge in [0, 0.05) is 19.7 Å². The normalized spacial score (nSPS) is 15.2. The summed E-state index contributed by atoms with van der Waals surface area (Å²) in [7, 11) is 3.11. The van der Waals surface area contributed by atoms with Crippen LogP contribution in [-0.2, 0) is 10.3 Å². The molecule has 0 radical (unpaired) electrons. The van der Waals surface area contributed by atoms with Crippen LogP contribution < -0.4 is 10.6 Å². The zero-order valence-corrected chi connectivity index (χ0v) is 11.9. The van der Waals surface area contributed by atoms with Gasteiger partial charge in [-0.2, -0.15) is 0 Å². The zero-order valence-electron chi connectivity index (χ0n) is 11.9. The second kappa shape index (κ2) is 5.67. The standard InChI is InChI=1S/C14H17F2N3O2/c1-19(2)13(21)17-8-12(20)18-14(5-6-14)10-7-9(15)3-4-11(10)16/h3-4,7H,5-6,8H2,1-2H3,(H,17,21)(H,18,20). The fraction of sp³-hybridized carbons (Fsp3) is 0.429. The molecule has 0 atom stereocenters. The van der Waals surface area contributed by atoms with Crippen molar-refractivity contribution >= 4 is 11.9 Å². The van der Waals surface area contributed by atoms with Crippen LogP contribution in [0.25, 0.3) is 0 Å². The highest BCUT2D eigenvalue weighted by Gasteiger charge is 2.47. The lowest BCUT2D eigenvalue weighted by Gasteiger charge is -2.19. The molecule has 0 aliphatic heterocycles. The Morgan fingerprint density at radius 2 is 1.95 bits per heavy atom. The Hall–Kier alpha value is -2.18. The molecule has 0 saturated heterocycles. The smallest absolute Gasteiger partial charge is 0.317 e. The largest absolute Gasteiger partial charge is 0.345 e. The van der Waals surface area contributed by atoms with Crippen LogP contribution in [0.3, 0.4) is 0 Å². The predicted molar refractivity (Wildman–Crippen MR) is 72.5 cm³/mol. The topological polar surface area (TPSA) is 61.4 Å². The molecule has 1 fully saturated rings. The van der Waals surface area contributed by atoms with E-state index in [1.54, 1.807) is 14.1 Å². The Labute approximate surface area is 121 Å². The van der Waals surface area contributed by atoms with Gasteiger partial charge in [-0.05, 0) is 31.0 Å². The van der Waals surface area contributed by atoms with E-state index in [0.29, 0.717) is 12.8 Å². The maximum atomic E-state index is 13.8. The van der Waals surface area contributed by atoms with Crippen molar-refractivity contribution in [3.05, 3.63) is 35.4 Å². The molecule has 21 heavy (non-hydrogen) atoms. The molecule has 0 aromatic heterocycles. The Morgan fingerprint density at radius 3 is 2.52 bits per heavy atom. The number of carbonyl (C=O) groups excluding carboxylic acids is 2. The molecule has 1 aromatic rings. The quantitative estimate of drug-likeness (QED) is 0.881. The fourth-order valence-electron chi connectivity index (χ4n) is 2.08. The van der Waals surface area contributed by atoms with E-state index in [2.05, 4.69) is 10.6 Å². The minimum absolute atomic E-state index is 0.148. The van der Waals surface area contributed by atoms with Crippen molar-refractivity contribution in [2.75, 3.05) is 20.6 Å². The van der Waals surface area contributed by atoms with Gasteiger partial charge in [0.15, 0.2) is 0 Å². The second-order valence-corrected chi connectivity index (χ2v) is 5.31. The molecular formula is C14H17F2N3O2. The summed E-state index contributed by atoms with van der Waals surface area (Å²) < 4.78 is 27.0. The highest BCUT2D eigenvalue weighted by Crippen LogP contribution is 2.46. The van der Waals surface area contributed by atoms with E-state index >= 15 is 0 Å². The first-order valence-electron chi connectivity index (χ1n) is 6.56. The second-order valence-electron chi connectivity index (χ2n) is 5.31. The molecule has 0 heterocycles. The van der Waals surface area contributed by atoms with E-state index in [-0.39, 0.29) is 12.1 Å². The number of nitrogens with one attached hydrogen (secondary N) is 2. The number of urea groups is 1. The molecule has 2 rings (SSSR count). The van der Waals surface area contributed by atoms with E-state index in [0.717, 1.165) is 18.2 Å². The minimum atomic E-state index is -0.855. The molecule has 5 nitrogen and oxygen atoms in total. The maximum Gasteiger partial charge on any atom is 0.317 e. The van der Waals surface area contributed by atoms with Crippen LogP contribution in [-0.4, -0.2) is 37.5 Å². The third-order valence-electron chi connectivity index (χ3n) is 3.38. The van der Waals surface area contributed by atoms with Crippen LogP contribution in [0.1, 0.15) is 18.4 Å². The van der Waals surface area contributed by atoms with Gasteiger partial charge in [0.25, 0.3) is 0 Å². The van der Waals surface area contributed by atoms with Crippen molar-refractivity contribution < 1.29 is 18.4 Å². The summed E-state index contributed by atoms with van der Waals surface area (Å²) in [6.07, 6.45) is 1.08. The lowest BCUT2D eigenvalue weighted by Crippen LogP contribution is -2.44. The van der Waals surface area contributed by atoms with Gasteiger partial charge in [-0.25, -0.2) is 13.6 Å². The van der Waals surface area contributed by atoms with Crippen molar-refractivity contribution in [1.82, 2.24) is 15.5 Å². The molecule has 1 aliphatic rings. The molecule has 0 unspecified atom stereocenters. The molecule has 7 heteroatoms. The van der Waals surface area contributed by atoms with Crippen LogP contribution in [0, 0.1) is 11.6 Å². The van der Waals surface area contributed by atoms with E-state index in [4.69, 9.17) is 0 Å². The highest BCUT2D eigenvalue weighted by molar-refractivity contribution is 5.84. The third-order valence-corrected chi connectivity index (χ3v) is 3.38. The summed E-state index contributed by atoms with van der Waals surface area (Å²) in [6, 6.07) is 2.78. The van der Waals surface area contributed by atoms with Crippen LogP contribution in [0.2, 0.25) is 0 Å². The Bertz CT molecular complexity index is 571. The van der Waals surface area contributed by atoms with Crippen LogP contribution in [0.5, 0.6) is 0 Å². The van der Waals surface area contributed by atoms with Crippen molar-refractivity contribution in [3.8, 4) is 0 Å². The van der Waals surface area contributed by atoms with Gasteiger partial charge < -0.3 is 15.5 Å². The third kappa shape index (κ3) is 3.48. The van der Waals surface area contributed by atoms with Crippen LogP contribution >= 0.6 is 0 Å². The van der Waals surface area contributed by atoms with E-state index < -0.39 is 29.1 Å². The van der Waals surface area contributed by atoms with Gasteiger partial charge in [0.2, 0.25) is 5.91 Å². The summed E-state index contributed by atoms with van der Waals surface area (Å²) in [5, 5.41) is 5.08. The fourth-order valence-corrected chi connectivity index (χ4v) is 2.08.